The monoisotopic (exact) mass is 265 g/mol. The van der Waals surface area contributed by atoms with Gasteiger partial charge < -0.3 is 19.7 Å². The van der Waals surface area contributed by atoms with Gasteiger partial charge in [-0.1, -0.05) is 0 Å². The van der Waals surface area contributed by atoms with E-state index in [4.69, 9.17) is 0 Å². The normalized spacial score (nSPS) is 27.5. The van der Waals surface area contributed by atoms with Crippen molar-refractivity contribution >= 4 is 5.97 Å². The number of aliphatic hydroxyl groups is 1. The molecule has 6 heteroatoms. The summed E-state index contributed by atoms with van der Waals surface area (Å²) in [5, 5.41) is 19.0. The first-order valence-corrected chi connectivity index (χ1v) is 6.75. The zero-order valence-corrected chi connectivity index (χ0v) is 11.0. The van der Waals surface area contributed by atoms with E-state index in [0.29, 0.717) is 31.0 Å². The Bertz CT molecular complexity index is 511. The zero-order chi connectivity index (χ0) is 13.6. The number of hydrogen-bond acceptors (Lipinski definition) is 4. The second-order valence-corrected chi connectivity index (χ2v) is 5.62. The van der Waals surface area contributed by atoms with Gasteiger partial charge in [-0.05, 0) is 26.4 Å². The fourth-order valence-electron chi connectivity index (χ4n) is 3.19. The molecule has 2 unspecified atom stereocenters. The lowest BCUT2D eigenvalue weighted by Gasteiger charge is -2.23. The zero-order valence-electron chi connectivity index (χ0n) is 11.0. The highest BCUT2D eigenvalue weighted by atomic mass is 16.4. The number of rotatable bonds is 2. The summed E-state index contributed by atoms with van der Waals surface area (Å²) in [7, 11) is 2.07. The average Bonchev–Trinajstić information content (AvgIpc) is 2.92. The van der Waals surface area contributed by atoms with Gasteiger partial charge in [-0.25, -0.2) is 9.78 Å². The number of carboxylic acid groups (broad SMARTS) is 1. The average molecular weight is 265 g/mol. The van der Waals surface area contributed by atoms with E-state index in [-0.39, 0.29) is 5.69 Å². The molecule has 0 saturated carbocycles. The van der Waals surface area contributed by atoms with Crippen molar-refractivity contribution in [3.63, 3.8) is 0 Å². The molecule has 19 heavy (non-hydrogen) atoms. The first-order chi connectivity index (χ1) is 9.06. The number of imidazole rings is 1. The number of aromatic nitrogens is 2. The number of carbonyl (C=O) groups is 1. The molecule has 3 heterocycles. The molecule has 0 amide bonds. The Kier molecular flexibility index (Phi) is 3.06. The lowest BCUT2D eigenvalue weighted by molar-refractivity contribution is 0.0687. The molecule has 0 spiro atoms. The molecule has 1 aromatic heterocycles. The lowest BCUT2D eigenvalue weighted by atomic mass is 10.0. The predicted molar refractivity (Wildman–Crippen MR) is 68.4 cm³/mol. The van der Waals surface area contributed by atoms with Crippen molar-refractivity contribution in [3.8, 4) is 0 Å². The smallest absolute Gasteiger partial charge is 0.356 e. The van der Waals surface area contributed by atoms with E-state index in [1.165, 1.54) is 0 Å². The Morgan fingerprint density at radius 3 is 2.79 bits per heavy atom. The van der Waals surface area contributed by atoms with Gasteiger partial charge in [-0.2, -0.15) is 0 Å². The van der Waals surface area contributed by atoms with Crippen LogP contribution in [0, 0.1) is 0 Å². The Morgan fingerprint density at radius 2 is 2.16 bits per heavy atom. The van der Waals surface area contributed by atoms with E-state index >= 15 is 0 Å². The van der Waals surface area contributed by atoms with E-state index < -0.39 is 12.1 Å². The quantitative estimate of drug-likeness (QED) is 0.804. The molecule has 0 aromatic carbocycles. The minimum atomic E-state index is -0.990. The molecular formula is C13H19N3O3. The van der Waals surface area contributed by atoms with Crippen LogP contribution >= 0.6 is 0 Å². The Balaban J connectivity index is 2.01. The van der Waals surface area contributed by atoms with Crippen LogP contribution in [0.1, 0.15) is 40.8 Å². The first kappa shape index (κ1) is 12.6. The van der Waals surface area contributed by atoms with Crippen molar-refractivity contribution < 1.29 is 15.0 Å². The van der Waals surface area contributed by atoms with Gasteiger partial charge in [0.1, 0.15) is 5.82 Å². The van der Waals surface area contributed by atoms with Crippen LogP contribution in [0.3, 0.4) is 0 Å². The second-order valence-electron chi connectivity index (χ2n) is 5.62. The van der Waals surface area contributed by atoms with Crippen LogP contribution in [-0.4, -0.2) is 56.9 Å². The van der Waals surface area contributed by atoms with Crippen LogP contribution in [0.5, 0.6) is 0 Å². The van der Waals surface area contributed by atoms with Crippen LogP contribution in [0.2, 0.25) is 0 Å². The highest BCUT2D eigenvalue weighted by molar-refractivity contribution is 5.87. The molecule has 1 aromatic rings. The number of aliphatic hydroxyl groups excluding tert-OH is 1. The molecule has 1 fully saturated rings. The first-order valence-electron chi connectivity index (χ1n) is 6.75. The number of fused-ring (bicyclic) bond motifs is 1. The minimum Gasteiger partial charge on any atom is -0.476 e. The highest BCUT2D eigenvalue weighted by Crippen LogP contribution is 2.30. The number of carboxylic acids is 1. The maximum atomic E-state index is 11.3. The van der Waals surface area contributed by atoms with Crippen molar-refractivity contribution in [2.24, 2.45) is 0 Å². The van der Waals surface area contributed by atoms with Crippen LogP contribution in [0.15, 0.2) is 0 Å². The molecule has 104 valence electrons. The van der Waals surface area contributed by atoms with E-state index in [0.717, 1.165) is 25.3 Å². The standard InChI is InChI=1S/C13H19N3O3/c1-15-4-2-8(7-15)12-14-11(13(18)19)10-6-9(17)3-5-16(10)12/h8-9,17H,2-7H2,1H3,(H,18,19). The maximum Gasteiger partial charge on any atom is 0.356 e. The van der Waals surface area contributed by atoms with Gasteiger partial charge in [0.05, 0.1) is 11.8 Å². The molecule has 6 nitrogen and oxygen atoms in total. The molecule has 0 aliphatic carbocycles. The van der Waals surface area contributed by atoms with Gasteiger partial charge in [-0.15, -0.1) is 0 Å². The Labute approximate surface area is 111 Å². The molecule has 1 saturated heterocycles. The maximum absolute atomic E-state index is 11.3. The second kappa shape index (κ2) is 4.61. The molecule has 0 radical (unpaired) electrons. The highest BCUT2D eigenvalue weighted by Gasteiger charge is 2.32. The summed E-state index contributed by atoms with van der Waals surface area (Å²) in [5.41, 5.74) is 0.819. The van der Waals surface area contributed by atoms with Crippen LogP contribution in [0.25, 0.3) is 0 Å². The summed E-state index contributed by atoms with van der Waals surface area (Å²) in [5.74, 6) is 0.214. The summed E-state index contributed by atoms with van der Waals surface area (Å²) in [4.78, 5) is 17.9. The van der Waals surface area contributed by atoms with Crippen molar-refractivity contribution in [3.05, 3.63) is 17.2 Å². The van der Waals surface area contributed by atoms with Gasteiger partial charge in [0.15, 0.2) is 5.69 Å². The summed E-state index contributed by atoms with van der Waals surface area (Å²) in [6.07, 6.45) is 1.66. The van der Waals surface area contributed by atoms with Crippen molar-refractivity contribution in [1.29, 1.82) is 0 Å². The van der Waals surface area contributed by atoms with Crippen LogP contribution < -0.4 is 0 Å². The number of likely N-dealkylation sites (tertiary alicyclic amines) is 1. The largest absolute Gasteiger partial charge is 0.476 e. The topological polar surface area (TPSA) is 78.6 Å². The lowest BCUT2D eigenvalue weighted by Crippen LogP contribution is -2.26. The molecule has 2 atom stereocenters. The Hall–Kier alpha value is -1.40. The number of nitrogens with zero attached hydrogens (tertiary/aromatic N) is 3. The van der Waals surface area contributed by atoms with Gasteiger partial charge in [0, 0.05) is 25.4 Å². The summed E-state index contributed by atoms with van der Waals surface area (Å²) >= 11 is 0. The van der Waals surface area contributed by atoms with Gasteiger partial charge in [-0.3, -0.25) is 0 Å². The van der Waals surface area contributed by atoms with Crippen molar-refractivity contribution in [2.75, 3.05) is 20.1 Å². The fourth-order valence-corrected chi connectivity index (χ4v) is 3.19. The van der Waals surface area contributed by atoms with E-state index in [9.17, 15) is 15.0 Å². The molecule has 0 bridgehead atoms. The number of hydrogen-bond donors (Lipinski definition) is 2. The third kappa shape index (κ3) is 2.15. The van der Waals surface area contributed by atoms with E-state index in [2.05, 4.69) is 16.9 Å². The summed E-state index contributed by atoms with van der Waals surface area (Å²) < 4.78 is 2.03. The van der Waals surface area contributed by atoms with E-state index in [1.807, 2.05) is 4.57 Å². The fraction of sp³-hybridized carbons (Fsp3) is 0.692. The Morgan fingerprint density at radius 1 is 1.37 bits per heavy atom. The predicted octanol–water partition coefficient (Wildman–Crippen LogP) is 0.307. The van der Waals surface area contributed by atoms with Gasteiger partial charge >= 0.3 is 5.97 Å². The van der Waals surface area contributed by atoms with Gasteiger partial charge in [0.2, 0.25) is 0 Å². The van der Waals surface area contributed by atoms with Crippen LogP contribution in [0.4, 0.5) is 0 Å². The summed E-state index contributed by atoms with van der Waals surface area (Å²) in [6, 6.07) is 0. The molecule has 2 aliphatic rings. The molecule has 2 N–H and O–H groups in total. The SMILES string of the molecule is CN1CCC(c2nc(C(=O)O)c3n2CCC(O)C3)C1. The van der Waals surface area contributed by atoms with Crippen molar-refractivity contribution in [2.45, 2.75) is 37.8 Å². The summed E-state index contributed by atoms with van der Waals surface area (Å²) in [6.45, 7) is 2.63. The molecule has 3 rings (SSSR count). The van der Waals surface area contributed by atoms with Crippen LogP contribution in [-0.2, 0) is 13.0 Å². The third-order valence-corrected chi connectivity index (χ3v) is 4.18. The third-order valence-electron chi connectivity index (χ3n) is 4.18. The number of likely N-dealkylation sites (N-methyl/N-ethyl adjacent to an activating group) is 1. The molecular weight excluding hydrogens is 246 g/mol. The van der Waals surface area contributed by atoms with E-state index in [1.54, 1.807) is 0 Å². The minimum absolute atomic E-state index is 0.128. The van der Waals surface area contributed by atoms with Gasteiger partial charge in [0.25, 0.3) is 0 Å². The number of aromatic carboxylic acids is 1. The van der Waals surface area contributed by atoms with Crippen molar-refractivity contribution in [1.82, 2.24) is 14.5 Å². The molecule has 2 aliphatic heterocycles.